The molecule has 1 radical (unpaired) electrons. The Morgan fingerprint density at radius 1 is 1.30 bits per heavy atom. The highest BCUT2D eigenvalue weighted by Gasteiger charge is 1.92. The Morgan fingerprint density at radius 3 is 2.60 bits per heavy atom. The summed E-state index contributed by atoms with van der Waals surface area (Å²) in [6.07, 6.45) is 0. The number of rotatable bonds is 3. The van der Waals surface area contributed by atoms with E-state index in [0.717, 1.165) is 5.46 Å². The lowest BCUT2D eigenvalue weighted by Gasteiger charge is -1.95. The van der Waals surface area contributed by atoms with Gasteiger partial charge in [-0.05, 0) is 0 Å². The maximum Gasteiger partial charge on any atom is 0.331 e. The van der Waals surface area contributed by atoms with Gasteiger partial charge in [0.05, 0.1) is 5.52 Å². The predicted molar refractivity (Wildman–Crippen MR) is 46.7 cm³/mol. The lowest BCUT2D eigenvalue weighted by atomic mass is 9.89. The molecule has 0 heterocycles. The Labute approximate surface area is 69.8 Å². The Bertz CT molecular complexity index is 178. The Kier molecular flexibility index (Phi) is 3.54. The maximum absolute atomic E-state index is 5.01. The van der Waals surface area contributed by atoms with Crippen LogP contribution in [0, 0.1) is 0 Å². The van der Waals surface area contributed by atoms with Crippen LogP contribution >= 0.6 is 15.9 Å². The van der Waals surface area contributed by atoms with E-state index in [-0.39, 0.29) is 0 Å². The van der Waals surface area contributed by atoms with Crippen molar-refractivity contribution in [2.45, 2.75) is 0 Å². The van der Waals surface area contributed by atoms with Crippen molar-refractivity contribution in [3.05, 3.63) is 30.3 Å². The van der Waals surface area contributed by atoms with Crippen LogP contribution in [-0.4, -0.2) is 13.0 Å². The topological polar surface area (TPSA) is 9.23 Å². The average Bonchev–Trinajstić information content (AvgIpc) is 2.03. The van der Waals surface area contributed by atoms with Crippen molar-refractivity contribution >= 4 is 28.9 Å². The highest BCUT2D eigenvalue weighted by atomic mass is 79.9. The van der Waals surface area contributed by atoms with Crippen LogP contribution in [0.3, 0.4) is 0 Å². The molecule has 0 unspecified atom stereocenters. The van der Waals surface area contributed by atoms with E-state index in [2.05, 4.69) is 15.9 Å². The second-order valence-corrected chi connectivity index (χ2v) is 2.26. The summed E-state index contributed by atoms with van der Waals surface area (Å²) in [5, 5.41) is 0. The molecule has 0 fully saturated rings. The number of hydrogen-bond acceptors (Lipinski definition) is 1. The van der Waals surface area contributed by atoms with Crippen LogP contribution in [0.5, 0.6) is 0 Å². The second-order valence-electron chi connectivity index (χ2n) is 1.80. The molecule has 0 saturated carbocycles. The number of halogens is 1. The molecule has 0 N–H and O–H groups in total. The van der Waals surface area contributed by atoms with Gasteiger partial charge in [-0.25, -0.2) is 0 Å². The molecule has 51 valence electrons. The van der Waals surface area contributed by atoms with Gasteiger partial charge in [0.15, 0.2) is 0 Å². The Hall–Kier alpha value is -0.275. The monoisotopic (exact) mass is 197 g/mol. The first-order chi connectivity index (χ1) is 4.93. The largest absolute Gasteiger partial charge is 0.425 e. The first kappa shape index (κ1) is 7.83. The molecule has 1 nitrogen and oxygen atoms in total. The fourth-order valence-corrected chi connectivity index (χ4v) is 0.791. The summed E-state index contributed by atoms with van der Waals surface area (Å²) in [5.41, 5.74) is 1.63. The number of alkyl halides is 1. The molecule has 10 heavy (non-hydrogen) atoms. The van der Waals surface area contributed by atoms with Crippen LogP contribution < -0.4 is 5.46 Å². The molecule has 1 aromatic carbocycles. The van der Waals surface area contributed by atoms with Crippen LogP contribution in [0.2, 0.25) is 0 Å². The minimum atomic E-state index is 0.544. The van der Waals surface area contributed by atoms with Crippen molar-refractivity contribution in [1.29, 1.82) is 0 Å². The van der Waals surface area contributed by atoms with E-state index in [9.17, 15) is 0 Å². The molecule has 0 aromatic heterocycles. The summed E-state index contributed by atoms with van der Waals surface area (Å²) >= 11 is 3.15. The normalized spacial score (nSPS) is 9.30. The quantitative estimate of drug-likeness (QED) is 0.525. The first-order valence-electron chi connectivity index (χ1n) is 2.99. The van der Waals surface area contributed by atoms with Gasteiger partial charge in [0.2, 0.25) is 0 Å². The summed E-state index contributed by atoms with van der Waals surface area (Å²) in [7, 11) is 1.72. The second kappa shape index (κ2) is 4.53. The fraction of sp³-hybridized carbons (Fsp3) is 0.143. The molecule has 0 amide bonds. The van der Waals surface area contributed by atoms with Crippen molar-refractivity contribution in [3.63, 3.8) is 0 Å². The minimum absolute atomic E-state index is 0.544. The summed E-state index contributed by atoms with van der Waals surface area (Å²) in [4.78, 5) is 0. The summed E-state index contributed by atoms with van der Waals surface area (Å²) in [6.45, 7) is 0. The average molecular weight is 198 g/mol. The van der Waals surface area contributed by atoms with Crippen molar-refractivity contribution in [1.82, 2.24) is 0 Å². The minimum Gasteiger partial charge on any atom is -0.425 e. The zero-order valence-electron chi connectivity index (χ0n) is 5.46. The van der Waals surface area contributed by atoms with E-state index >= 15 is 0 Å². The van der Waals surface area contributed by atoms with Crippen molar-refractivity contribution in [2.75, 3.05) is 5.52 Å². The van der Waals surface area contributed by atoms with E-state index in [0.29, 0.717) is 5.52 Å². The summed E-state index contributed by atoms with van der Waals surface area (Å²) < 4.78 is 5.01. The standard InChI is InChI=1S/C7H7BBrO/c9-6-10-8-7-4-2-1-3-5-7/h1-5H,6H2. The van der Waals surface area contributed by atoms with Crippen molar-refractivity contribution in [3.8, 4) is 0 Å². The highest BCUT2D eigenvalue weighted by Crippen LogP contribution is 1.84. The number of benzene rings is 1. The van der Waals surface area contributed by atoms with Crippen molar-refractivity contribution < 1.29 is 4.65 Å². The van der Waals surface area contributed by atoms with Crippen LogP contribution in [0.4, 0.5) is 0 Å². The Morgan fingerprint density at radius 2 is 2.00 bits per heavy atom. The van der Waals surface area contributed by atoms with Crippen LogP contribution in [0.15, 0.2) is 30.3 Å². The van der Waals surface area contributed by atoms with E-state index in [1.54, 1.807) is 7.48 Å². The molecular formula is C7H7BBrO. The van der Waals surface area contributed by atoms with Gasteiger partial charge in [0, 0.05) is 0 Å². The van der Waals surface area contributed by atoms with Gasteiger partial charge >= 0.3 is 7.48 Å². The third kappa shape index (κ3) is 2.54. The first-order valence-corrected chi connectivity index (χ1v) is 4.11. The van der Waals surface area contributed by atoms with E-state index in [4.69, 9.17) is 4.65 Å². The molecule has 1 aromatic rings. The van der Waals surface area contributed by atoms with Gasteiger partial charge in [-0.15, -0.1) is 0 Å². The smallest absolute Gasteiger partial charge is 0.331 e. The third-order valence-corrected chi connectivity index (χ3v) is 1.35. The zero-order valence-corrected chi connectivity index (χ0v) is 7.04. The molecule has 0 bridgehead atoms. The van der Waals surface area contributed by atoms with Gasteiger partial charge in [0.1, 0.15) is 0 Å². The van der Waals surface area contributed by atoms with Gasteiger partial charge in [-0.3, -0.25) is 0 Å². The zero-order chi connectivity index (χ0) is 7.23. The lowest BCUT2D eigenvalue weighted by Crippen LogP contribution is -2.15. The van der Waals surface area contributed by atoms with Crippen LogP contribution in [-0.2, 0) is 4.65 Å². The van der Waals surface area contributed by atoms with E-state index < -0.39 is 0 Å². The van der Waals surface area contributed by atoms with E-state index in [1.807, 2.05) is 30.3 Å². The molecular weight excluding hydrogens is 191 g/mol. The SMILES string of the molecule is BrCO[B]c1ccccc1. The highest BCUT2D eigenvalue weighted by molar-refractivity contribution is 9.09. The lowest BCUT2D eigenvalue weighted by molar-refractivity contribution is 0.432. The van der Waals surface area contributed by atoms with Gasteiger partial charge < -0.3 is 4.65 Å². The molecule has 1 rings (SSSR count). The molecule has 0 aliphatic heterocycles. The van der Waals surface area contributed by atoms with Crippen molar-refractivity contribution in [2.24, 2.45) is 0 Å². The van der Waals surface area contributed by atoms with Gasteiger partial charge in [-0.2, -0.15) is 0 Å². The predicted octanol–water partition coefficient (Wildman–Crippen LogP) is 1.30. The molecule has 0 aliphatic carbocycles. The van der Waals surface area contributed by atoms with Gasteiger partial charge in [-0.1, -0.05) is 51.7 Å². The molecule has 3 heteroatoms. The fourth-order valence-electron chi connectivity index (χ4n) is 0.659. The summed E-state index contributed by atoms with van der Waals surface area (Å²) in [5.74, 6) is 0. The van der Waals surface area contributed by atoms with E-state index in [1.165, 1.54) is 0 Å². The van der Waals surface area contributed by atoms with Crippen LogP contribution in [0.25, 0.3) is 0 Å². The molecule has 0 saturated heterocycles. The Balaban J connectivity index is 2.43. The van der Waals surface area contributed by atoms with Gasteiger partial charge in [0.25, 0.3) is 0 Å². The van der Waals surface area contributed by atoms with Crippen LogP contribution in [0.1, 0.15) is 0 Å². The molecule has 0 aliphatic rings. The molecule has 0 spiro atoms. The third-order valence-electron chi connectivity index (χ3n) is 1.08. The molecule has 0 atom stereocenters. The summed E-state index contributed by atoms with van der Waals surface area (Å²) in [6, 6.07) is 9.91. The number of hydrogen-bond donors (Lipinski definition) is 0. The maximum atomic E-state index is 5.01.